The quantitative estimate of drug-likeness (QED) is 0.576. The van der Waals surface area contributed by atoms with E-state index < -0.39 is 0 Å². The van der Waals surface area contributed by atoms with E-state index in [0.29, 0.717) is 6.54 Å². The SMILES string of the molecule is Cc1cc(C)n2ncc(CN3CCc4[nH]cnc4[C@@H]3c3cccc(O)c3)c2n1. The van der Waals surface area contributed by atoms with E-state index in [0.717, 1.165) is 52.5 Å². The molecule has 0 spiro atoms. The van der Waals surface area contributed by atoms with E-state index in [4.69, 9.17) is 4.98 Å². The first kappa shape index (κ1) is 16.9. The number of fused-ring (bicyclic) bond motifs is 2. The molecule has 28 heavy (non-hydrogen) atoms. The maximum absolute atomic E-state index is 10.0. The van der Waals surface area contributed by atoms with Gasteiger partial charge in [-0.05, 0) is 37.6 Å². The molecule has 1 aliphatic rings. The van der Waals surface area contributed by atoms with Crippen LogP contribution in [0.5, 0.6) is 5.75 Å². The zero-order valence-electron chi connectivity index (χ0n) is 15.9. The summed E-state index contributed by atoms with van der Waals surface area (Å²) in [4.78, 5) is 15.0. The van der Waals surface area contributed by atoms with E-state index in [1.54, 1.807) is 12.4 Å². The number of hydrogen-bond acceptors (Lipinski definition) is 5. The first-order chi connectivity index (χ1) is 13.6. The van der Waals surface area contributed by atoms with Gasteiger partial charge in [-0.1, -0.05) is 12.1 Å². The molecule has 1 aromatic carbocycles. The predicted molar refractivity (Wildman–Crippen MR) is 105 cm³/mol. The highest BCUT2D eigenvalue weighted by Crippen LogP contribution is 2.35. The number of aromatic amines is 1. The smallest absolute Gasteiger partial charge is 0.159 e. The van der Waals surface area contributed by atoms with Crippen molar-refractivity contribution in [2.24, 2.45) is 0 Å². The number of nitrogens with zero attached hydrogens (tertiary/aromatic N) is 5. The fraction of sp³-hybridized carbons (Fsp3) is 0.286. The van der Waals surface area contributed by atoms with Gasteiger partial charge in [0.15, 0.2) is 5.65 Å². The molecule has 0 fully saturated rings. The van der Waals surface area contributed by atoms with Crippen molar-refractivity contribution in [1.29, 1.82) is 0 Å². The Morgan fingerprint density at radius 2 is 2.14 bits per heavy atom. The Kier molecular flexibility index (Phi) is 3.91. The third-order valence-electron chi connectivity index (χ3n) is 5.44. The molecule has 0 amide bonds. The summed E-state index contributed by atoms with van der Waals surface area (Å²) in [6, 6.07) is 9.46. The van der Waals surface area contributed by atoms with Crippen molar-refractivity contribution >= 4 is 5.65 Å². The van der Waals surface area contributed by atoms with Gasteiger partial charge in [0.2, 0.25) is 0 Å². The molecular weight excluding hydrogens is 352 g/mol. The van der Waals surface area contributed by atoms with Crippen molar-refractivity contribution in [2.75, 3.05) is 6.54 Å². The van der Waals surface area contributed by atoms with E-state index >= 15 is 0 Å². The average Bonchev–Trinajstić information content (AvgIpc) is 3.29. The molecule has 7 nitrogen and oxygen atoms in total. The van der Waals surface area contributed by atoms with Gasteiger partial charge in [0.1, 0.15) is 5.75 Å². The highest BCUT2D eigenvalue weighted by molar-refractivity contribution is 5.48. The van der Waals surface area contributed by atoms with Crippen molar-refractivity contribution in [1.82, 2.24) is 29.5 Å². The lowest BCUT2D eigenvalue weighted by atomic mass is 9.95. The van der Waals surface area contributed by atoms with Crippen molar-refractivity contribution < 1.29 is 5.11 Å². The normalized spacial score (nSPS) is 17.1. The topological polar surface area (TPSA) is 82.3 Å². The second kappa shape index (κ2) is 6.45. The minimum absolute atomic E-state index is 0.0250. The van der Waals surface area contributed by atoms with Gasteiger partial charge < -0.3 is 10.1 Å². The number of aromatic nitrogens is 5. The molecule has 1 atom stereocenters. The van der Waals surface area contributed by atoms with Crippen LogP contribution in [0, 0.1) is 13.8 Å². The predicted octanol–water partition coefficient (Wildman–Crippen LogP) is 2.92. The summed E-state index contributed by atoms with van der Waals surface area (Å²) < 4.78 is 1.90. The maximum Gasteiger partial charge on any atom is 0.159 e. The minimum Gasteiger partial charge on any atom is -0.508 e. The molecule has 0 unspecified atom stereocenters. The van der Waals surface area contributed by atoms with Crippen molar-refractivity contribution in [3.8, 4) is 5.75 Å². The largest absolute Gasteiger partial charge is 0.508 e. The molecule has 4 heterocycles. The second-order valence-corrected chi connectivity index (χ2v) is 7.43. The fourth-order valence-electron chi connectivity index (χ4n) is 4.21. The monoisotopic (exact) mass is 374 g/mol. The summed E-state index contributed by atoms with van der Waals surface area (Å²) >= 11 is 0. The van der Waals surface area contributed by atoms with Crippen molar-refractivity contribution in [2.45, 2.75) is 32.9 Å². The summed E-state index contributed by atoms with van der Waals surface area (Å²) in [7, 11) is 0. The number of hydrogen-bond donors (Lipinski definition) is 2. The highest BCUT2D eigenvalue weighted by atomic mass is 16.3. The first-order valence-electron chi connectivity index (χ1n) is 9.46. The van der Waals surface area contributed by atoms with Crippen LogP contribution in [0.3, 0.4) is 0 Å². The van der Waals surface area contributed by atoms with E-state index in [2.05, 4.69) is 20.0 Å². The van der Waals surface area contributed by atoms with Crippen LogP contribution in [0.2, 0.25) is 0 Å². The molecule has 7 heteroatoms. The summed E-state index contributed by atoms with van der Waals surface area (Å²) in [5.41, 5.74) is 7.28. The van der Waals surface area contributed by atoms with Crippen LogP contribution in [0.15, 0.2) is 42.9 Å². The molecule has 0 bridgehead atoms. The van der Waals surface area contributed by atoms with Gasteiger partial charge in [0.05, 0.1) is 24.3 Å². The average molecular weight is 374 g/mol. The maximum atomic E-state index is 10.0. The summed E-state index contributed by atoms with van der Waals surface area (Å²) in [6.07, 6.45) is 4.58. The lowest BCUT2D eigenvalue weighted by Gasteiger charge is -2.35. The van der Waals surface area contributed by atoms with Crippen LogP contribution in [0.4, 0.5) is 0 Å². The number of aryl methyl sites for hydroxylation is 2. The molecule has 0 radical (unpaired) electrons. The molecular formula is C21H22N6O. The van der Waals surface area contributed by atoms with Crippen molar-refractivity contribution in [3.05, 3.63) is 76.8 Å². The molecule has 3 aromatic heterocycles. The first-order valence-corrected chi connectivity index (χ1v) is 9.46. The number of H-pyrrole nitrogens is 1. The van der Waals surface area contributed by atoms with Gasteiger partial charge in [-0.15, -0.1) is 0 Å². The minimum atomic E-state index is -0.0250. The molecule has 1 aliphatic heterocycles. The Morgan fingerprint density at radius 3 is 3.00 bits per heavy atom. The Hall–Kier alpha value is -3.19. The number of imidazole rings is 1. The van der Waals surface area contributed by atoms with Crippen molar-refractivity contribution in [3.63, 3.8) is 0 Å². The van der Waals surface area contributed by atoms with Gasteiger partial charge in [-0.25, -0.2) is 14.5 Å². The van der Waals surface area contributed by atoms with Crippen LogP contribution in [0.1, 0.15) is 39.9 Å². The molecule has 0 saturated carbocycles. The number of nitrogens with one attached hydrogen (secondary N) is 1. The Balaban J connectivity index is 1.57. The van der Waals surface area contributed by atoms with Crippen LogP contribution < -0.4 is 0 Å². The molecule has 142 valence electrons. The number of rotatable bonds is 3. The Labute approximate surface area is 162 Å². The molecule has 0 aliphatic carbocycles. The molecule has 4 aromatic rings. The van der Waals surface area contributed by atoms with E-state index in [9.17, 15) is 5.11 Å². The summed E-state index contributed by atoms with van der Waals surface area (Å²) in [5, 5.41) is 14.6. The van der Waals surface area contributed by atoms with Gasteiger partial charge in [-0.3, -0.25) is 4.90 Å². The lowest BCUT2D eigenvalue weighted by molar-refractivity contribution is 0.200. The highest BCUT2D eigenvalue weighted by Gasteiger charge is 2.31. The van der Waals surface area contributed by atoms with Crippen LogP contribution in [0.25, 0.3) is 5.65 Å². The fourth-order valence-corrected chi connectivity index (χ4v) is 4.21. The molecule has 0 saturated heterocycles. The van der Waals surface area contributed by atoms with Gasteiger partial charge in [0, 0.05) is 42.2 Å². The number of phenols is 1. The summed E-state index contributed by atoms with van der Waals surface area (Å²) in [5.74, 6) is 0.268. The lowest BCUT2D eigenvalue weighted by Crippen LogP contribution is -2.35. The summed E-state index contributed by atoms with van der Waals surface area (Å²) in [6.45, 7) is 5.66. The standard InChI is InChI=1S/C21H22N6O/c1-13-8-14(2)27-21(25-13)16(10-24-27)11-26-7-6-18-19(23-12-22-18)20(26)15-4-3-5-17(28)9-15/h3-5,8-10,12,20,28H,6-7,11H2,1-2H3,(H,22,23)/t20-/m0/s1. The third-order valence-corrected chi connectivity index (χ3v) is 5.44. The van der Waals surface area contributed by atoms with E-state index in [1.807, 2.05) is 48.8 Å². The zero-order valence-corrected chi connectivity index (χ0v) is 15.9. The Bertz CT molecular complexity index is 1160. The molecule has 5 rings (SSSR count). The number of benzene rings is 1. The van der Waals surface area contributed by atoms with Crippen LogP contribution in [-0.4, -0.2) is 41.1 Å². The van der Waals surface area contributed by atoms with E-state index in [1.165, 1.54) is 0 Å². The zero-order chi connectivity index (χ0) is 19.3. The van der Waals surface area contributed by atoms with Crippen LogP contribution in [-0.2, 0) is 13.0 Å². The van der Waals surface area contributed by atoms with E-state index in [-0.39, 0.29) is 11.8 Å². The molecule has 2 N–H and O–H groups in total. The Morgan fingerprint density at radius 1 is 1.25 bits per heavy atom. The van der Waals surface area contributed by atoms with Crippen LogP contribution >= 0.6 is 0 Å². The number of aromatic hydroxyl groups is 1. The van der Waals surface area contributed by atoms with Gasteiger partial charge in [-0.2, -0.15) is 5.10 Å². The van der Waals surface area contributed by atoms with Gasteiger partial charge in [0.25, 0.3) is 0 Å². The number of phenolic OH excluding ortho intramolecular Hbond substituents is 1. The third kappa shape index (κ3) is 2.75. The van der Waals surface area contributed by atoms with Gasteiger partial charge >= 0.3 is 0 Å². The second-order valence-electron chi connectivity index (χ2n) is 7.43.